The molecule has 0 saturated carbocycles. The normalized spacial score (nSPS) is 11.0. The number of likely N-dealkylation sites (N-methyl/N-ethyl adjacent to an activating group) is 2. The molecule has 18 heavy (non-hydrogen) atoms. The summed E-state index contributed by atoms with van der Waals surface area (Å²) in [6.07, 6.45) is 0. The number of hydrogen-bond acceptors (Lipinski definition) is 4. The van der Waals surface area contributed by atoms with Gasteiger partial charge in [-0.05, 0) is 39.2 Å². The summed E-state index contributed by atoms with van der Waals surface area (Å²) in [4.78, 5) is 9.05. The van der Waals surface area contributed by atoms with Crippen LogP contribution in [-0.4, -0.2) is 50.7 Å². The Kier molecular flexibility index (Phi) is 6.09. The molecule has 1 aromatic rings. The summed E-state index contributed by atoms with van der Waals surface area (Å²) in [5.41, 5.74) is 2.40. The predicted octanol–water partition coefficient (Wildman–Crippen LogP) is 1.50. The average molecular weight is 250 g/mol. The van der Waals surface area contributed by atoms with Crippen LogP contribution in [0.15, 0.2) is 12.1 Å². The predicted molar refractivity (Wildman–Crippen MR) is 78.2 cm³/mol. The van der Waals surface area contributed by atoms with Crippen LogP contribution < -0.4 is 10.2 Å². The molecule has 4 nitrogen and oxygen atoms in total. The van der Waals surface area contributed by atoms with Crippen molar-refractivity contribution in [3.63, 3.8) is 0 Å². The van der Waals surface area contributed by atoms with Gasteiger partial charge in [0.05, 0.1) is 0 Å². The van der Waals surface area contributed by atoms with Crippen molar-refractivity contribution in [2.75, 3.05) is 45.7 Å². The third kappa shape index (κ3) is 4.63. The van der Waals surface area contributed by atoms with Crippen molar-refractivity contribution in [2.45, 2.75) is 20.4 Å². The van der Waals surface area contributed by atoms with E-state index < -0.39 is 0 Å². The van der Waals surface area contributed by atoms with Crippen LogP contribution in [0.2, 0.25) is 0 Å². The van der Waals surface area contributed by atoms with Crippen LogP contribution in [0.5, 0.6) is 0 Å². The molecule has 0 atom stereocenters. The summed E-state index contributed by atoms with van der Waals surface area (Å²) < 4.78 is 0. The lowest BCUT2D eigenvalue weighted by Crippen LogP contribution is -2.29. The summed E-state index contributed by atoms with van der Waals surface area (Å²) in [5.74, 6) is 1.05. The third-order valence-electron chi connectivity index (χ3n) is 3.02. The van der Waals surface area contributed by atoms with Crippen molar-refractivity contribution < 1.29 is 0 Å². The summed E-state index contributed by atoms with van der Waals surface area (Å²) in [5, 5.41) is 3.33. The summed E-state index contributed by atoms with van der Waals surface area (Å²) in [6, 6.07) is 4.28. The molecular weight excluding hydrogens is 224 g/mol. The van der Waals surface area contributed by atoms with Gasteiger partial charge in [-0.25, -0.2) is 4.98 Å². The minimum absolute atomic E-state index is 0.900. The van der Waals surface area contributed by atoms with Gasteiger partial charge >= 0.3 is 0 Å². The Morgan fingerprint density at radius 3 is 2.44 bits per heavy atom. The highest BCUT2D eigenvalue weighted by Crippen LogP contribution is 2.13. The molecule has 0 unspecified atom stereocenters. The molecule has 102 valence electrons. The van der Waals surface area contributed by atoms with Crippen molar-refractivity contribution in [3.8, 4) is 0 Å². The second-order valence-electron chi connectivity index (χ2n) is 4.92. The van der Waals surface area contributed by atoms with E-state index >= 15 is 0 Å². The first kappa shape index (κ1) is 14.9. The number of nitrogens with one attached hydrogen (secondary N) is 1. The van der Waals surface area contributed by atoms with Crippen LogP contribution in [0.1, 0.15) is 18.2 Å². The van der Waals surface area contributed by atoms with Crippen molar-refractivity contribution in [1.82, 2.24) is 15.2 Å². The molecule has 1 N–H and O–H groups in total. The van der Waals surface area contributed by atoms with Gasteiger partial charge in [-0.3, -0.25) is 0 Å². The minimum atomic E-state index is 0.900. The molecule has 0 aliphatic carbocycles. The minimum Gasteiger partial charge on any atom is -0.358 e. The SMILES string of the molecule is CCNCc1ccc(N(C)CCN(C)C)nc1C. The Balaban J connectivity index is 2.65. The van der Waals surface area contributed by atoms with Crippen molar-refractivity contribution in [3.05, 3.63) is 23.4 Å². The lowest BCUT2D eigenvalue weighted by Gasteiger charge is -2.21. The molecule has 1 rings (SSSR count). The van der Waals surface area contributed by atoms with Gasteiger partial charge in [-0.2, -0.15) is 0 Å². The Hall–Kier alpha value is -1.13. The molecule has 1 heterocycles. The van der Waals surface area contributed by atoms with Crippen LogP contribution in [0.3, 0.4) is 0 Å². The third-order valence-corrected chi connectivity index (χ3v) is 3.02. The van der Waals surface area contributed by atoms with Gasteiger partial charge in [0.15, 0.2) is 0 Å². The number of pyridine rings is 1. The molecule has 0 spiro atoms. The Labute approximate surface area is 111 Å². The number of hydrogen-bond donors (Lipinski definition) is 1. The van der Waals surface area contributed by atoms with E-state index in [1.54, 1.807) is 0 Å². The number of aryl methyl sites for hydroxylation is 1. The van der Waals surface area contributed by atoms with E-state index in [-0.39, 0.29) is 0 Å². The number of rotatable bonds is 7. The van der Waals surface area contributed by atoms with Crippen LogP contribution in [-0.2, 0) is 6.54 Å². The molecule has 0 aliphatic heterocycles. The molecule has 0 amide bonds. The first-order valence-electron chi connectivity index (χ1n) is 6.57. The van der Waals surface area contributed by atoms with E-state index in [0.29, 0.717) is 0 Å². The maximum atomic E-state index is 4.67. The van der Waals surface area contributed by atoms with Gasteiger partial charge in [0, 0.05) is 32.4 Å². The van der Waals surface area contributed by atoms with E-state index in [1.807, 2.05) is 0 Å². The van der Waals surface area contributed by atoms with Gasteiger partial charge in [0.2, 0.25) is 0 Å². The first-order valence-corrected chi connectivity index (χ1v) is 6.57. The first-order chi connectivity index (χ1) is 8.54. The topological polar surface area (TPSA) is 31.4 Å². The quantitative estimate of drug-likeness (QED) is 0.794. The largest absolute Gasteiger partial charge is 0.358 e. The van der Waals surface area contributed by atoms with Crippen LogP contribution >= 0.6 is 0 Å². The smallest absolute Gasteiger partial charge is 0.128 e. The summed E-state index contributed by atoms with van der Waals surface area (Å²) >= 11 is 0. The van der Waals surface area contributed by atoms with Gasteiger partial charge < -0.3 is 15.1 Å². The van der Waals surface area contributed by atoms with Gasteiger partial charge in [-0.1, -0.05) is 13.0 Å². The molecule has 0 saturated heterocycles. The maximum absolute atomic E-state index is 4.67. The highest BCUT2D eigenvalue weighted by Gasteiger charge is 2.06. The average Bonchev–Trinajstić information content (AvgIpc) is 2.34. The molecule has 0 aliphatic rings. The standard InChI is InChI=1S/C14H26N4/c1-6-15-11-13-7-8-14(16-12(13)2)18(5)10-9-17(3)4/h7-8,15H,6,9-11H2,1-5H3. The fourth-order valence-corrected chi connectivity index (χ4v) is 1.70. The van der Waals surface area contributed by atoms with E-state index in [1.165, 1.54) is 5.56 Å². The lowest BCUT2D eigenvalue weighted by atomic mass is 10.2. The van der Waals surface area contributed by atoms with Crippen LogP contribution in [0.4, 0.5) is 5.82 Å². The number of anilines is 1. The van der Waals surface area contributed by atoms with E-state index in [2.05, 4.69) is 67.2 Å². The second kappa shape index (κ2) is 7.34. The monoisotopic (exact) mass is 250 g/mol. The molecule has 0 aromatic carbocycles. The van der Waals surface area contributed by atoms with E-state index in [0.717, 1.165) is 37.7 Å². The van der Waals surface area contributed by atoms with E-state index in [4.69, 9.17) is 0 Å². The molecule has 1 aromatic heterocycles. The fourth-order valence-electron chi connectivity index (χ4n) is 1.70. The Morgan fingerprint density at radius 2 is 1.89 bits per heavy atom. The lowest BCUT2D eigenvalue weighted by molar-refractivity contribution is 0.416. The molecule has 0 fully saturated rings. The highest BCUT2D eigenvalue weighted by atomic mass is 15.2. The van der Waals surface area contributed by atoms with E-state index in [9.17, 15) is 0 Å². The fraction of sp³-hybridized carbons (Fsp3) is 0.643. The van der Waals surface area contributed by atoms with Crippen molar-refractivity contribution >= 4 is 5.82 Å². The molecule has 4 heteroatoms. The molecule has 0 bridgehead atoms. The summed E-state index contributed by atoms with van der Waals surface area (Å²) in [6.45, 7) is 8.12. The maximum Gasteiger partial charge on any atom is 0.128 e. The van der Waals surface area contributed by atoms with Gasteiger partial charge in [0.25, 0.3) is 0 Å². The Bertz CT molecular complexity index is 363. The van der Waals surface area contributed by atoms with Crippen LogP contribution in [0, 0.1) is 6.92 Å². The number of aromatic nitrogens is 1. The Morgan fingerprint density at radius 1 is 1.17 bits per heavy atom. The zero-order valence-electron chi connectivity index (χ0n) is 12.3. The number of nitrogens with zero attached hydrogens (tertiary/aromatic N) is 3. The summed E-state index contributed by atoms with van der Waals surface area (Å²) in [7, 11) is 6.27. The second-order valence-corrected chi connectivity index (χ2v) is 4.92. The van der Waals surface area contributed by atoms with Crippen molar-refractivity contribution in [1.29, 1.82) is 0 Å². The molecule has 0 radical (unpaired) electrons. The van der Waals surface area contributed by atoms with Gasteiger partial charge in [0.1, 0.15) is 5.82 Å². The zero-order valence-corrected chi connectivity index (χ0v) is 12.3. The van der Waals surface area contributed by atoms with Crippen LogP contribution in [0.25, 0.3) is 0 Å². The molecular formula is C14H26N4. The zero-order chi connectivity index (χ0) is 13.5. The van der Waals surface area contributed by atoms with Crippen molar-refractivity contribution in [2.24, 2.45) is 0 Å². The van der Waals surface area contributed by atoms with Gasteiger partial charge in [-0.15, -0.1) is 0 Å². The highest BCUT2D eigenvalue weighted by molar-refractivity contribution is 5.40.